The van der Waals surface area contributed by atoms with Crippen LogP contribution in [0.1, 0.15) is 11.1 Å². The minimum atomic E-state index is 0.999. The highest BCUT2D eigenvalue weighted by Crippen LogP contribution is 2.32. The number of rotatable bonds is 2. The zero-order valence-corrected chi connectivity index (χ0v) is 13.7. The summed E-state index contributed by atoms with van der Waals surface area (Å²) < 4.78 is 2.37. The molecule has 0 aliphatic carbocycles. The molecule has 108 valence electrons. The maximum atomic E-state index is 2.81. The van der Waals surface area contributed by atoms with Crippen LogP contribution in [0.4, 0.5) is 0 Å². The van der Waals surface area contributed by atoms with E-state index in [0.29, 0.717) is 0 Å². The summed E-state index contributed by atoms with van der Waals surface area (Å²) in [5.41, 5.74) is 6.49. The van der Waals surface area contributed by atoms with Gasteiger partial charge in [-0.15, -0.1) is 9.24 Å². The van der Waals surface area contributed by atoms with Gasteiger partial charge in [0.1, 0.15) is 0 Å². The summed E-state index contributed by atoms with van der Waals surface area (Å²) in [5.74, 6) is 0. The first-order chi connectivity index (χ1) is 10.8. The van der Waals surface area contributed by atoms with Crippen LogP contribution >= 0.6 is 9.24 Å². The number of nitrogens with zero attached hydrogens (tertiary/aromatic N) is 1. The summed E-state index contributed by atoms with van der Waals surface area (Å²) in [6, 6.07) is 24.0. The van der Waals surface area contributed by atoms with E-state index in [1.807, 2.05) is 0 Å². The normalized spacial score (nSPS) is 11.4. The van der Waals surface area contributed by atoms with Crippen molar-refractivity contribution in [3.8, 4) is 5.69 Å². The fourth-order valence-electron chi connectivity index (χ4n) is 3.25. The Labute approximate surface area is 132 Å². The Bertz CT molecular complexity index is 928. The highest BCUT2D eigenvalue weighted by Gasteiger charge is 2.11. The van der Waals surface area contributed by atoms with Crippen molar-refractivity contribution in [1.29, 1.82) is 0 Å². The number of hydrogen-bond acceptors (Lipinski definition) is 0. The lowest BCUT2D eigenvalue weighted by Gasteiger charge is -2.11. The summed E-state index contributed by atoms with van der Waals surface area (Å²) in [6.07, 6.45) is 0.999. The molecule has 4 rings (SSSR count). The van der Waals surface area contributed by atoms with E-state index in [-0.39, 0.29) is 0 Å². The molecule has 0 saturated carbocycles. The molecule has 0 spiro atoms. The Balaban J connectivity index is 2.10. The molecule has 0 radical (unpaired) electrons. The molecule has 0 N–H and O–H groups in total. The van der Waals surface area contributed by atoms with Crippen LogP contribution in [-0.4, -0.2) is 4.57 Å². The van der Waals surface area contributed by atoms with Gasteiger partial charge in [-0.2, -0.15) is 0 Å². The largest absolute Gasteiger partial charge is 0.309 e. The SMILES string of the molecule is Cc1cc(-n2c3ccccc3c3ccccc32)ccc1CP. The van der Waals surface area contributed by atoms with Crippen molar-refractivity contribution in [2.24, 2.45) is 0 Å². The van der Waals surface area contributed by atoms with Crippen LogP contribution in [0.15, 0.2) is 66.7 Å². The fourth-order valence-corrected chi connectivity index (χ4v) is 3.71. The molecular formula is C20H18NP. The van der Waals surface area contributed by atoms with E-state index in [4.69, 9.17) is 0 Å². The quantitative estimate of drug-likeness (QED) is 0.433. The molecule has 0 saturated heterocycles. The van der Waals surface area contributed by atoms with Crippen molar-refractivity contribution in [1.82, 2.24) is 4.57 Å². The zero-order chi connectivity index (χ0) is 15.1. The third-order valence-electron chi connectivity index (χ3n) is 4.38. The smallest absolute Gasteiger partial charge is 0.0541 e. The molecule has 0 bridgehead atoms. The van der Waals surface area contributed by atoms with Crippen molar-refractivity contribution in [3.63, 3.8) is 0 Å². The van der Waals surface area contributed by atoms with E-state index < -0.39 is 0 Å². The molecule has 0 aliphatic rings. The first-order valence-corrected chi connectivity index (χ1v) is 8.39. The molecule has 0 fully saturated rings. The van der Waals surface area contributed by atoms with Crippen molar-refractivity contribution >= 4 is 31.0 Å². The van der Waals surface area contributed by atoms with Crippen LogP contribution in [0.5, 0.6) is 0 Å². The van der Waals surface area contributed by atoms with Gasteiger partial charge in [0.2, 0.25) is 0 Å². The second-order valence-electron chi connectivity index (χ2n) is 5.68. The molecule has 4 aromatic rings. The van der Waals surface area contributed by atoms with Gasteiger partial charge in [-0.3, -0.25) is 0 Å². The maximum absolute atomic E-state index is 2.81. The third-order valence-corrected chi connectivity index (χ3v) is 4.82. The fraction of sp³-hybridized carbons (Fsp3) is 0.100. The first-order valence-electron chi connectivity index (χ1n) is 7.58. The second-order valence-corrected chi connectivity index (χ2v) is 6.09. The van der Waals surface area contributed by atoms with E-state index in [2.05, 4.69) is 87.5 Å². The van der Waals surface area contributed by atoms with Crippen LogP contribution in [-0.2, 0) is 6.16 Å². The minimum Gasteiger partial charge on any atom is -0.309 e. The standard InChI is InChI=1S/C20H18NP/c1-14-12-16(11-10-15(14)13-22)21-19-8-4-2-6-17(19)18-7-3-5-9-20(18)21/h2-12H,13,22H2,1H3. The molecule has 1 unspecified atom stereocenters. The molecule has 1 nitrogen and oxygen atoms in total. The Hall–Kier alpha value is -2.11. The van der Waals surface area contributed by atoms with E-state index in [1.54, 1.807) is 0 Å². The van der Waals surface area contributed by atoms with Gasteiger partial charge in [0, 0.05) is 16.5 Å². The maximum Gasteiger partial charge on any atom is 0.0541 e. The first kappa shape index (κ1) is 13.5. The molecule has 0 aliphatic heterocycles. The molecule has 3 aromatic carbocycles. The third kappa shape index (κ3) is 1.97. The van der Waals surface area contributed by atoms with Crippen LogP contribution in [0.25, 0.3) is 27.5 Å². The van der Waals surface area contributed by atoms with Gasteiger partial charge < -0.3 is 4.57 Å². The molecule has 2 heteroatoms. The zero-order valence-electron chi connectivity index (χ0n) is 12.6. The van der Waals surface area contributed by atoms with Gasteiger partial charge in [0.05, 0.1) is 11.0 Å². The average molecular weight is 303 g/mol. The van der Waals surface area contributed by atoms with Crippen molar-refractivity contribution in [2.45, 2.75) is 13.1 Å². The number of hydrogen-bond donors (Lipinski definition) is 0. The number of para-hydroxylation sites is 2. The highest BCUT2D eigenvalue weighted by molar-refractivity contribution is 7.15. The Morgan fingerprint density at radius 3 is 1.95 bits per heavy atom. The van der Waals surface area contributed by atoms with Gasteiger partial charge in [-0.1, -0.05) is 42.5 Å². The van der Waals surface area contributed by atoms with Crippen molar-refractivity contribution < 1.29 is 0 Å². The number of benzene rings is 3. The summed E-state index contributed by atoms with van der Waals surface area (Å²) in [4.78, 5) is 0. The van der Waals surface area contributed by atoms with Gasteiger partial charge in [-0.25, -0.2) is 0 Å². The van der Waals surface area contributed by atoms with Crippen LogP contribution in [0, 0.1) is 6.92 Å². The van der Waals surface area contributed by atoms with Crippen LogP contribution < -0.4 is 0 Å². The van der Waals surface area contributed by atoms with E-state index in [0.717, 1.165) is 6.16 Å². The lowest BCUT2D eigenvalue weighted by Crippen LogP contribution is -1.95. The second kappa shape index (κ2) is 5.26. The van der Waals surface area contributed by atoms with Crippen molar-refractivity contribution in [2.75, 3.05) is 0 Å². The highest BCUT2D eigenvalue weighted by atomic mass is 31.0. The van der Waals surface area contributed by atoms with Crippen LogP contribution in [0.3, 0.4) is 0 Å². The molecule has 1 aromatic heterocycles. The monoisotopic (exact) mass is 303 g/mol. The Kier molecular flexibility index (Phi) is 3.24. The predicted molar refractivity (Wildman–Crippen MR) is 98.9 cm³/mol. The van der Waals surface area contributed by atoms with E-state index in [9.17, 15) is 0 Å². The number of aromatic nitrogens is 1. The summed E-state index contributed by atoms with van der Waals surface area (Å²) in [5, 5.41) is 2.62. The minimum absolute atomic E-state index is 0.999. The molecule has 22 heavy (non-hydrogen) atoms. The predicted octanol–water partition coefficient (Wildman–Crippen LogP) is 5.47. The van der Waals surface area contributed by atoms with Gasteiger partial charge in [0.25, 0.3) is 0 Å². The molecule has 1 atom stereocenters. The van der Waals surface area contributed by atoms with Gasteiger partial charge in [-0.05, 0) is 48.5 Å². The van der Waals surface area contributed by atoms with Gasteiger partial charge >= 0.3 is 0 Å². The summed E-state index contributed by atoms with van der Waals surface area (Å²) in [7, 11) is 2.81. The lowest BCUT2D eigenvalue weighted by atomic mass is 10.1. The average Bonchev–Trinajstić information content (AvgIpc) is 2.89. The van der Waals surface area contributed by atoms with E-state index in [1.165, 1.54) is 38.6 Å². The Morgan fingerprint density at radius 2 is 1.41 bits per heavy atom. The summed E-state index contributed by atoms with van der Waals surface area (Å²) >= 11 is 0. The van der Waals surface area contributed by atoms with Crippen LogP contribution in [0.2, 0.25) is 0 Å². The molecule has 1 heterocycles. The molecule has 0 amide bonds. The summed E-state index contributed by atoms with van der Waals surface area (Å²) in [6.45, 7) is 2.19. The van der Waals surface area contributed by atoms with Gasteiger partial charge in [0.15, 0.2) is 0 Å². The van der Waals surface area contributed by atoms with Crippen molar-refractivity contribution in [3.05, 3.63) is 77.9 Å². The Morgan fingerprint density at radius 1 is 0.818 bits per heavy atom. The topological polar surface area (TPSA) is 4.93 Å². The number of fused-ring (bicyclic) bond motifs is 3. The number of aryl methyl sites for hydroxylation is 1. The van der Waals surface area contributed by atoms with E-state index >= 15 is 0 Å². The molecular weight excluding hydrogens is 285 g/mol. The lowest BCUT2D eigenvalue weighted by molar-refractivity contribution is 1.16.